The van der Waals surface area contributed by atoms with Crippen molar-refractivity contribution in [3.63, 3.8) is 0 Å². The summed E-state index contributed by atoms with van der Waals surface area (Å²) < 4.78 is 33.1. The van der Waals surface area contributed by atoms with Crippen LogP contribution in [-0.2, 0) is 26.1 Å². The second-order valence-corrected chi connectivity index (χ2v) is 8.83. The maximum absolute atomic E-state index is 13.5. The third kappa shape index (κ3) is 4.80. The maximum atomic E-state index is 13.5. The fourth-order valence-corrected chi connectivity index (χ4v) is 4.58. The molecule has 0 atom stereocenters. The van der Waals surface area contributed by atoms with Crippen LogP contribution in [0.1, 0.15) is 31.9 Å². The lowest BCUT2D eigenvalue weighted by atomic mass is 10.0. The van der Waals surface area contributed by atoms with E-state index in [4.69, 9.17) is 4.74 Å². The number of carbonyl (C=O) groups excluding carboxylic acids is 1. The first kappa shape index (κ1) is 22.5. The number of nitro benzene ring substituents is 1. The highest BCUT2D eigenvalue weighted by molar-refractivity contribution is 7.89. The molecule has 0 unspecified atom stereocenters. The SMILES string of the molecule is CCOC(=O)C(C)(C)N(Cc1ccccc1C)S(=O)(=O)c1cccc([N+](=O)[O-])c1. The molecule has 0 aliphatic heterocycles. The largest absolute Gasteiger partial charge is 0.465 e. The number of sulfonamides is 1. The topological polar surface area (TPSA) is 107 Å². The molecule has 0 amide bonds. The molecule has 2 rings (SSSR count). The Labute approximate surface area is 170 Å². The van der Waals surface area contributed by atoms with Gasteiger partial charge >= 0.3 is 5.97 Å². The Kier molecular flexibility index (Phi) is 6.76. The minimum absolute atomic E-state index is 0.0937. The first-order chi connectivity index (χ1) is 13.5. The number of benzene rings is 2. The van der Waals surface area contributed by atoms with E-state index in [0.717, 1.165) is 15.9 Å². The van der Waals surface area contributed by atoms with E-state index < -0.39 is 26.5 Å². The molecule has 0 saturated carbocycles. The van der Waals surface area contributed by atoms with E-state index in [2.05, 4.69) is 0 Å². The molecule has 0 radical (unpaired) electrons. The lowest BCUT2D eigenvalue weighted by Crippen LogP contribution is -2.53. The lowest BCUT2D eigenvalue weighted by Gasteiger charge is -2.35. The van der Waals surface area contributed by atoms with Crippen molar-refractivity contribution in [1.82, 2.24) is 4.31 Å². The van der Waals surface area contributed by atoms with Gasteiger partial charge in [0.25, 0.3) is 5.69 Å². The van der Waals surface area contributed by atoms with Crippen LogP contribution in [-0.4, -0.2) is 35.8 Å². The molecule has 0 N–H and O–H groups in total. The minimum atomic E-state index is -4.27. The van der Waals surface area contributed by atoms with Crippen LogP contribution < -0.4 is 0 Å². The van der Waals surface area contributed by atoms with Gasteiger partial charge in [-0.3, -0.25) is 14.9 Å². The Morgan fingerprint density at radius 1 is 1.17 bits per heavy atom. The molecule has 2 aromatic carbocycles. The predicted octanol–water partition coefficient (Wildman–Crippen LogP) is 3.44. The first-order valence-corrected chi connectivity index (χ1v) is 10.4. The van der Waals surface area contributed by atoms with Crippen LogP contribution in [0.2, 0.25) is 0 Å². The second-order valence-electron chi connectivity index (χ2n) is 6.97. The van der Waals surface area contributed by atoms with Gasteiger partial charge < -0.3 is 4.74 Å². The van der Waals surface area contributed by atoms with Crippen molar-refractivity contribution >= 4 is 21.7 Å². The van der Waals surface area contributed by atoms with E-state index in [9.17, 15) is 23.3 Å². The van der Waals surface area contributed by atoms with Gasteiger partial charge in [-0.2, -0.15) is 4.31 Å². The third-order valence-electron chi connectivity index (χ3n) is 4.59. The molecule has 0 heterocycles. The zero-order chi connectivity index (χ0) is 21.8. The minimum Gasteiger partial charge on any atom is -0.465 e. The van der Waals surface area contributed by atoms with Crippen LogP contribution in [0.15, 0.2) is 53.4 Å². The number of hydrogen-bond donors (Lipinski definition) is 0. The summed E-state index contributed by atoms with van der Waals surface area (Å²) in [5.41, 5.74) is -0.331. The Bertz CT molecular complexity index is 1020. The molecule has 0 fully saturated rings. The van der Waals surface area contributed by atoms with E-state index in [1.165, 1.54) is 32.0 Å². The van der Waals surface area contributed by atoms with Crippen LogP contribution in [0.3, 0.4) is 0 Å². The number of non-ortho nitro benzene ring substituents is 1. The van der Waals surface area contributed by atoms with Crippen LogP contribution >= 0.6 is 0 Å². The van der Waals surface area contributed by atoms with E-state index in [0.29, 0.717) is 5.56 Å². The van der Waals surface area contributed by atoms with Gasteiger partial charge in [0, 0.05) is 18.7 Å². The van der Waals surface area contributed by atoms with Crippen molar-refractivity contribution in [1.29, 1.82) is 0 Å². The number of esters is 1. The predicted molar refractivity (Wildman–Crippen MR) is 108 cm³/mol. The molecule has 0 saturated heterocycles. The average molecular weight is 420 g/mol. The number of aryl methyl sites for hydroxylation is 1. The van der Waals surface area contributed by atoms with Crippen molar-refractivity contribution in [2.75, 3.05) is 6.61 Å². The van der Waals surface area contributed by atoms with E-state index in [1.807, 2.05) is 19.1 Å². The molecular weight excluding hydrogens is 396 g/mol. The lowest BCUT2D eigenvalue weighted by molar-refractivity contribution is -0.385. The van der Waals surface area contributed by atoms with Gasteiger partial charge in [-0.15, -0.1) is 0 Å². The fourth-order valence-electron chi connectivity index (χ4n) is 2.82. The van der Waals surface area contributed by atoms with Gasteiger partial charge in [0.05, 0.1) is 16.4 Å². The molecule has 0 aromatic heterocycles. The van der Waals surface area contributed by atoms with Crippen LogP contribution in [0.4, 0.5) is 5.69 Å². The van der Waals surface area contributed by atoms with Gasteiger partial charge in [-0.1, -0.05) is 30.3 Å². The number of carbonyl (C=O) groups is 1. The van der Waals surface area contributed by atoms with Crippen LogP contribution in [0, 0.1) is 17.0 Å². The van der Waals surface area contributed by atoms with Crippen molar-refractivity contribution < 1.29 is 22.9 Å². The number of rotatable bonds is 8. The Morgan fingerprint density at radius 2 is 1.83 bits per heavy atom. The second kappa shape index (κ2) is 8.71. The van der Waals surface area contributed by atoms with Gasteiger partial charge in [-0.05, 0) is 44.9 Å². The quantitative estimate of drug-likeness (QED) is 0.368. The molecule has 2 aromatic rings. The standard InChI is InChI=1S/C20H24N2O6S/c1-5-28-19(23)20(3,4)21(14-16-10-7-6-9-15(16)2)29(26,27)18-12-8-11-17(13-18)22(24)25/h6-13H,5,14H2,1-4H3. The number of nitrogens with zero attached hydrogens (tertiary/aromatic N) is 2. The normalized spacial score (nSPS) is 12.0. The number of ether oxygens (including phenoxy) is 1. The first-order valence-electron chi connectivity index (χ1n) is 9.00. The van der Waals surface area contributed by atoms with Crippen LogP contribution in [0.25, 0.3) is 0 Å². The van der Waals surface area contributed by atoms with Crippen molar-refractivity contribution in [3.8, 4) is 0 Å². The summed E-state index contributed by atoms with van der Waals surface area (Å²) in [6.45, 7) is 6.39. The highest BCUT2D eigenvalue weighted by Crippen LogP contribution is 2.30. The van der Waals surface area contributed by atoms with Crippen molar-refractivity contribution in [2.45, 2.75) is 44.7 Å². The Balaban J connectivity index is 2.62. The summed E-state index contributed by atoms with van der Waals surface area (Å²) in [5.74, 6) is -0.706. The third-order valence-corrected chi connectivity index (χ3v) is 6.61. The summed E-state index contributed by atoms with van der Waals surface area (Å²) in [7, 11) is -4.27. The fraction of sp³-hybridized carbons (Fsp3) is 0.350. The summed E-state index contributed by atoms with van der Waals surface area (Å²) >= 11 is 0. The number of hydrogen-bond acceptors (Lipinski definition) is 6. The van der Waals surface area contributed by atoms with Gasteiger partial charge in [-0.25, -0.2) is 8.42 Å². The summed E-state index contributed by atoms with van der Waals surface area (Å²) in [4.78, 5) is 22.8. The smallest absolute Gasteiger partial charge is 0.327 e. The Morgan fingerprint density at radius 3 is 2.41 bits per heavy atom. The van der Waals surface area contributed by atoms with E-state index in [1.54, 1.807) is 19.1 Å². The molecule has 0 aliphatic rings. The van der Waals surface area contributed by atoms with Gasteiger partial charge in [0.1, 0.15) is 5.54 Å². The summed E-state index contributed by atoms with van der Waals surface area (Å²) in [5, 5.41) is 11.1. The monoisotopic (exact) mass is 420 g/mol. The maximum Gasteiger partial charge on any atom is 0.327 e. The molecule has 156 valence electrons. The van der Waals surface area contributed by atoms with Crippen LogP contribution in [0.5, 0.6) is 0 Å². The molecule has 9 heteroatoms. The molecule has 29 heavy (non-hydrogen) atoms. The summed E-state index contributed by atoms with van der Waals surface area (Å²) in [6.07, 6.45) is 0. The van der Waals surface area contributed by atoms with Crippen molar-refractivity contribution in [3.05, 3.63) is 69.8 Å². The Hall–Kier alpha value is -2.78. The molecule has 0 spiro atoms. The van der Waals surface area contributed by atoms with Gasteiger partial charge in [0.2, 0.25) is 10.0 Å². The molecule has 0 bridgehead atoms. The number of nitro groups is 1. The zero-order valence-corrected chi connectivity index (χ0v) is 17.6. The van der Waals surface area contributed by atoms with Crippen molar-refractivity contribution in [2.24, 2.45) is 0 Å². The highest BCUT2D eigenvalue weighted by atomic mass is 32.2. The molecule has 0 aliphatic carbocycles. The van der Waals surface area contributed by atoms with Gasteiger partial charge in [0.15, 0.2) is 0 Å². The molecule has 8 nitrogen and oxygen atoms in total. The molecular formula is C20H24N2O6S. The van der Waals surface area contributed by atoms with E-state index >= 15 is 0 Å². The zero-order valence-electron chi connectivity index (χ0n) is 16.8. The van der Waals surface area contributed by atoms with E-state index in [-0.39, 0.29) is 23.7 Å². The summed E-state index contributed by atoms with van der Waals surface area (Å²) in [6, 6.07) is 12.0. The highest BCUT2D eigenvalue weighted by Gasteiger charge is 2.44. The average Bonchev–Trinajstić information content (AvgIpc) is 2.67.